The molecule has 3 aliphatic rings. The van der Waals surface area contributed by atoms with E-state index in [0.717, 1.165) is 17.1 Å². The summed E-state index contributed by atoms with van der Waals surface area (Å²) in [6.07, 6.45) is 0. The van der Waals surface area contributed by atoms with E-state index < -0.39 is 10.8 Å². The van der Waals surface area contributed by atoms with Gasteiger partial charge in [0, 0.05) is 17.1 Å². The minimum atomic E-state index is -0.582. The first kappa shape index (κ1) is 28.4. The highest BCUT2D eigenvalue weighted by atomic mass is 15.1. The van der Waals surface area contributed by atoms with Crippen LogP contribution in [0.2, 0.25) is 0 Å². The summed E-state index contributed by atoms with van der Waals surface area (Å²) in [5.41, 5.74) is 18.2. The molecule has 51 heavy (non-hydrogen) atoms. The Morgan fingerprint density at radius 1 is 0.235 bits per heavy atom. The van der Waals surface area contributed by atoms with E-state index >= 15 is 0 Å². The molecule has 0 spiro atoms. The van der Waals surface area contributed by atoms with Gasteiger partial charge < -0.3 is 4.90 Å². The number of nitrogens with zero attached hydrogens (tertiary/aromatic N) is 1. The molecule has 8 aromatic rings. The number of anilines is 3. The van der Waals surface area contributed by atoms with E-state index in [1.54, 1.807) is 0 Å². The van der Waals surface area contributed by atoms with Crippen molar-refractivity contribution in [2.24, 2.45) is 0 Å². The molecule has 8 aromatic carbocycles. The van der Waals surface area contributed by atoms with Crippen molar-refractivity contribution in [2.45, 2.75) is 10.8 Å². The SMILES string of the molecule is c1ccc(N(c2ccccc2)c2ccc3c(c2)C24c5ccccc5-c5ccccc5C2(c2ccccc2-c2ccccc24)c2ccccc2-3)cc1. The van der Waals surface area contributed by atoms with Gasteiger partial charge in [-0.1, -0.05) is 164 Å². The van der Waals surface area contributed by atoms with Crippen molar-refractivity contribution in [1.82, 2.24) is 0 Å². The second-order valence-electron chi connectivity index (χ2n) is 14.0. The Morgan fingerprint density at radius 2 is 0.529 bits per heavy atom. The van der Waals surface area contributed by atoms with E-state index in [0.29, 0.717) is 0 Å². The molecule has 0 heterocycles. The van der Waals surface area contributed by atoms with E-state index in [1.165, 1.54) is 66.8 Å². The first-order valence-corrected chi connectivity index (χ1v) is 17.9. The summed E-state index contributed by atoms with van der Waals surface area (Å²) in [5.74, 6) is 0. The molecule has 0 saturated heterocycles. The summed E-state index contributed by atoms with van der Waals surface area (Å²) in [6, 6.07) is 74.9. The Kier molecular flexibility index (Phi) is 5.86. The van der Waals surface area contributed by atoms with E-state index in [1.807, 2.05) is 0 Å². The molecule has 0 amide bonds. The molecule has 238 valence electrons. The molecule has 0 radical (unpaired) electrons. The van der Waals surface area contributed by atoms with E-state index in [4.69, 9.17) is 0 Å². The van der Waals surface area contributed by atoms with E-state index in [9.17, 15) is 0 Å². The maximum Gasteiger partial charge on any atom is 0.0648 e. The average molecular weight is 648 g/mol. The average Bonchev–Trinajstić information content (AvgIpc) is 3.21. The molecule has 0 atom stereocenters. The lowest BCUT2D eigenvalue weighted by molar-refractivity contribution is 0.405. The van der Waals surface area contributed by atoms with Crippen molar-refractivity contribution < 1.29 is 0 Å². The fraction of sp³-hybridized carbons (Fsp3) is 0.0400. The Balaban J connectivity index is 1.37. The lowest BCUT2D eigenvalue weighted by Crippen LogP contribution is -2.58. The molecule has 0 bridgehead atoms. The lowest BCUT2D eigenvalue weighted by atomic mass is 9.38. The summed E-state index contributed by atoms with van der Waals surface area (Å²) in [7, 11) is 0. The lowest BCUT2D eigenvalue weighted by Gasteiger charge is -2.62. The maximum atomic E-state index is 2.52. The summed E-state index contributed by atoms with van der Waals surface area (Å²) >= 11 is 0. The third-order valence-corrected chi connectivity index (χ3v) is 11.8. The topological polar surface area (TPSA) is 3.24 Å². The second kappa shape index (κ2) is 10.5. The van der Waals surface area contributed by atoms with Crippen molar-refractivity contribution in [3.63, 3.8) is 0 Å². The zero-order valence-corrected chi connectivity index (χ0v) is 28.0. The number of hydrogen-bond donors (Lipinski definition) is 0. The molecule has 0 aromatic heterocycles. The zero-order chi connectivity index (χ0) is 33.6. The van der Waals surface area contributed by atoms with Gasteiger partial charge in [0.25, 0.3) is 0 Å². The van der Waals surface area contributed by atoms with Crippen molar-refractivity contribution in [3.8, 4) is 33.4 Å². The molecule has 1 nitrogen and oxygen atoms in total. The smallest absolute Gasteiger partial charge is 0.0648 e. The van der Waals surface area contributed by atoms with Gasteiger partial charge in [-0.2, -0.15) is 0 Å². The molecule has 11 rings (SSSR count). The number of rotatable bonds is 3. The number of hydrogen-bond acceptors (Lipinski definition) is 1. The van der Waals surface area contributed by atoms with Gasteiger partial charge in [-0.25, -0.2) is 0 Å². The summed E-state index contributed by atoms with van der Waals surface area (Å²) < 4.78 is 0. The van der Waals surface area contributed by atoms with Gasteiger partial charge in [0.15, 0.2) is 0 Å². The largest absolute Gasteiger partial charge is 0.310 e. The van der Waals surface area contributed by atoms with Gasteiger partial charge in [0.1, 0.15) is 0 Å². The summed E-state index contributed by atoms with van der Waals surface area (Å²) in [5, 5.41) is 0. The standard InChI is InChI=1S/C50H33N/c1-3-17-34(18-4-1)51(35-19-5-2-6-20-35)36-31-32-42-41-25-11-14-28-45(41)49-43-26-12-7-21-37(43)39-23-9-15-29-46(39)50(49,48(42)33-36)47-30-16-10-24-40(47)38-22-8-13-27-44(38)49/h1-33H. The molecule has 0 N–H and O–H groups in total. The molecular weight excluding hydrogens is 615 g/mol. The maximum absolute atomic E-state index is 2.52. The van der Waals surface area contributed by atoms with Crippen LogP contribution in [0.1, 0.15) is 33.4 Å². The molecule has 0 fully saturated rings. The predicted octanol–water partition coefficient (Wildman–Crippen LogP) is 12.5. The summed E-state index contributed by atoms with van der Waals surface area (Å²) in [6.45, 7) is 0. The quantitative estimate of drug-likeness (QED) is 0.184. The number of para-hydroxylation sites is 2. The van der Waals surface area contributed by atoms with Gasteiger partial charge in [-0.3, -0.25) is 0 Å². The second-order valence-corrected chi connectivity index (χ2v) is 14.0. The van der Waals surface area contributed by atoms with Gasteiger partial charge >= 0.3 is 0 Å². The van der Waals surface area contributed by atoms with Crippen LogP contribution in [0.5, 0.6) is 0 Å². The van der Waals surface area contributed by atoms with Crippen LogP contribution in [0.15, 0.2) is 200 Å². The first-order valence-electron chi connectivity index (χ1n) is 17.9. The fourth-order valence-corrected chi connectivity index (χ4v) is 10.1. The van der Waals surface area contributed by atoms with Gasteiger partial charge in [0.2, 0.25) is 0 Å². The minimum absolute atomic E-state index is 0.546. The zero-order valence-electron chi connectivity index (χ0n) is 28.0. The molecule has 0 aliphatic heterocycles. The highest BCUT2D eigenvalue weighted by molar-refractivity contribution is 5.99. The molecular formula is C50H33N. The predicted molar refractivity (Wildman–Crippen MR) is 210 cm³/mol. The first-order chi connectivity index (χ1) is 25.3. The van der Waals surface area contributed by atoms with E-state index in [2.05, 4.69) is 205 Å². The number of fused-ring (bicyclic) bond motifs is 9. The van der Waals surface area contributed by atoms with Crippen LogP contribution < -0.4 is 4.90 Å². The normalized spacial score (nSPS) is 18.4. The fourth-order valence-electron chi connectivity index (χ4n) is 10.1. The van der Waals surface area contributed by atoms with Crippen molar-refractivity contribution in [3.05, 3.63) is 234 Å². The molecule has 3 aliphatic carbocycles. The third kappa shape index (κ3) is 3.50. The van der Waals surface area contributed by atoms with Gasteiger partial charge in [-0.15, -0.1) is 0 Å². The van der Waals surface area contributed by atoms with Gasteiger partial charge in [0.05, 0.1) is 10.8 Å². The third-order valence-electron chi connectivity index (χ3n) is 11.8. The number of benzene rings is 8. The molecule has 1 heteroatoms. The Morgan fingerprint density at radius 3 is 0.902 bits per heavy atom. The molecule has 0 unspecified atom stereocenters. The minimum Gasteiger partial charge on any atom is -0.310 e. The van der Waals surface area contributed by atoms with Gasteiger partial charge in [-0.05, 0) is 103 Å². The molecule has 0 saturated carbocycles. The van der Waals surface area contributed by atoms with Crippen LogP contribution in [0, 0.1) is 0 Å². The van der Waals surface area contributed by atoms with E-state index in [-0.39, 0.29) is 0 Å². The highest BCUT2D eigenvalue weighted by Crippen LogP contribution is 2.73. The monoisotopic (exact) mass is 647 g/mol. The van der Waals surface area contributed by atoms with Crippen LogP contribution >= 0.6 is 0 Å². The Bertz CT molecular complexity index is 2520. The van der Waals surface area contributed by atoms with Crippen LogP contribution in [-0.4, -0.2) is 0 Å². The van der Waals surface area contributed by atoms with Crippen molar-refractivity contribution in [2.75, 3.05) is 4.90 Å². The van der Waals surface area contributed by atoms with Crippen molar-refractivity contribution in [1.29, 1.82) is 0 Å². The summed E-state index contributed by atoms with van der Waals surface area (Å²) in [4.78, 5) is 2.41. The highest BCUT2D eigenvalue weighted by Gasteiger charge is 2.66. The van der Waals surface area contributed by atoms with Crippen molar-refractivity contribution >= 4 is 17.1 Å². The van der Waals surface area contributed by atoms with Crippen LogP contribution in [-0.2, 0) is 10.8 Å². The Hall–Kier alpha value is -6.44. The van der Waals surface area contributed by atoms with Crippen LogP contribution in [0.3, 0.4) is 0 Å². The van der Waals surface area contributed by atoms with Crippen LogP contribution in [0.25, 0.3) is 33.4 Å². The Labute approximate surface area is 298 Å². The van der Waals surface area contributed by atoms with Crippen LogP contribution in [0.4, 0.5) is 17.1 Å².